The van der Waals surface area contributed by atoms with Gasteiger partial charge in [-0.2, -0.15) is 0 Å². The number of nitrogens with zero attached hydrogens (tertiary/aromatic N) is 1. The van der Waals surface area contributed by atoms with E-state index in [4.69, 9.17) is 14.3 Å². The maximum absolute atomic E-state index is 12.6. The standard InChI is InChI=1S/C19H20N2O5/c1-12-6-7-16(26-12)13-4-3-5-14(10-13)20-17-15(19(24)25-2)11-21(8-9-22)18(17)23/h3-7,10,20,22H,8-9,11H2,1-2H3. The van der Waals surface area contributed by atoms with E-state index in [0.717, 1.165) is 11.3 Å². The summed E-state index contributed by atoms with van der Waals surface area (Å²) >= 11 is 0. The van der Waals surface area contributed by atoms with E-state index in [-0.39, 0.29) is 36.9 Å². The van der Waals surface area contributed by atoms with Gasteiger partial charge in [-0.05, 0) is 31.2 Å². The fourth-order valence-electron chi connectivity index (χ4n) is 2.83. The summed E-state index contributed by atoms with van der Waals surface area (Å²) < 4.78 is 10.4. The molecule has 0 saturated carbocycles. The summed E-state index contributed by atoms with van der Waals surface area (Å²) in [5.41, 5.74) is 1.90. The molecular weight excluding hydrogens is 336 g/mol. The number of hydrogen-bond donors (Lipinski definition) is 2. The van der Waals surface area contributed by atoms with E-state index in [2.05, 4.69) is 5.32 Å². The predicted octanol–water partition coefficient (Wildman–Crippen LogP) is 1.93. The van der Waals surface area contributed by atoms with Gasteiger partial charge in [0, 0.05) is 17.8 Å². The number of anilines is 1. The number of ether oxygens (including phenoxy) is 1. The van der Waals surface area contributed by atoms with Crippen LogP contribution >= 0.6 is 0 Å². The molecule has 26 heavy (non-hydrogen) atoms. The maximum Gasteiger partial charge on any atom is 0.337 e. The Morgan fingerprint density at radius 2 is 2.15 bits per heavy atom. The van der Waals surface area contributed by atoms with Gasteiger partial charge in [-0.3, -0.25) is 4.79 Å². The average molecular weight is 356 g/mol. The Balaban J connectivity index is 1.90. The average Bonchev–Trinajstić information content (AvgIpc) is 3.20. The number of aliphatic hydroxyl groups is 1. The van der Waals surface area contributed by atoms with Gasteiger partial charge >= 0.3 is 5.97 Å². The van der Waals surface area contributed by atoms with Crippen LogP contribution in [0, 0.1) is 6.92 Å². The fraction of sp³-hybridized carbons (Fsp3) is 0.263. The molecule has 136 valence electrons. The molecule has 2 aromatic rings. The molecule has 2 N–H and O–H groups in total. The number of rotatable bonds is 6. The van der Waals surface area contributed by atoms with Crippen molar-refractivity contribution in [1.82, 2.24) is 4.90 Å². The lowest BCUT2D eigenvalue weighted by molar-refractivity contribution is -0.136. The molecule has 0 fully saturated rings. The van der Waals surface area contributed by atoms with Gasteiger partial charge in [0.1, 0.15) is 17.2 Å². The van der Waals surface area contributed by atoms with Crippen molar-refractivity contribution in [1.29, 1.82) is 0 Å². The van der Waals surface area contributed by atoms with Crippen LogP contribution in [0.2, 0.25) is 0 Å². The Morgan fingerprint density at radius 1 is 1.35 bits per heavy atom. The summed E-state index contributed by atoms with van der Waals surface area (Å²) in [5.74, 6) is 0.602. The first-order valence-corrected chi connectivity index (χ1v) is 8.19. The third-order valence-corrected chi connectivity index (χ3v) is 4.11. The number of esters is 1. The molecule has 1 aromatic carbocycles. The third-order valence-electron chi connectivity index (χ3n) is 4.11. The first-order chi connectivity index (χ1) is 12.5. The number of amides is 1. The summed E-state index contributed by atoms with van der Waals surface area (Å²) in [7, 11) is 1.27. The van der Waals surface area contributed by atoms with Crippen LogP contribution in [0.5, 0.6) is 0 Å². The van der Waals surface area contributed by atoms with Crippen LogP contribution in [0.1, 0.15) is 5.76 Å². The van der Waals surface area contributed by atoms with E-state index in [1.807, 2.05) is 37.3 Å². The number of nitrogens with one attached hydrogen (secondary N) is 1. The van der Waals surface area contributed by atoms with Gasteiger partial charge in [-0.15, -0.1) is 0 Å². The second-order valence-corrected chi connectivity index (χ2v) is 5.91. The molecule has 0 atom stereocenters. The molecule has 1 aliphatic rings. The number of aryl methyl sites for hydroxylation is 1. The highest BCUT2D eigenvalue weighted by Crippen LogP contribution is 2.27. The predicted molar refractivity (Wildman–Crippen MR) is 95.2 cm³/mol. The van der Waals surface area contributed by atoms with E-state index in [9.17, 15) is 9.59 Å². The molecule has 1 aromatic heterocycles. The molecular formula is C19H20N2O5. The number of carbonyl (C=O) groups is 2. The molecule has 7 heteroatoms. The van der Waals surface area contributed by atoms with Crippen molar-refractivity contribution in [2.75, 3.05) is 32.1 Å². The zero-order valence-corrected chi connectivity index (χ0v) is 14.6. The zero-order chi connectivity index (χ0) is 18.7. The summed E-state index contributed by atoms with van der Waals surface area (Å²) in [5, 5.41) is 12.1. The summed E-state index contributed by atoms with van der Waals surface area (Å²) in [6.07, 6.45) is 0. The molecule has 0 unspecified atom stereocenters. The topological polar surface area (TPSA) is 92.0 Å². The monoisotopic (exact) mass is 356 g/mol. The van der Waals surface area contributed by atoms with Gasteiger partial charge in [0.15, 0.2) is 0 Å². The Morgan fingerprint density at radius 3 is 2.81 bits per heavy atom. The number of β-amino-alcohol motifs (C(OH)–C–C–N with tert-alkyl or cyclic N) is 1. The van der Waals surface area contributed by atoms with E-state index in [0.29, 0.717) is 11.4 Å². The zero-order valence-electron chi connectivity index (χ0n) is 14.6. The molecule has 0 radical (unpaired) electrons. The van der Waals surface area contributed by atoms with Crippen molar-refractivity contribution in [3.8, 4) is 11.3 Å². The molecule has 0 aliphatic carbocycles. The molecule has 2 heterocycles. The smallest absolute Gasteiger partial charge is 0.337 e. The van der Waals surface area contributed by atoms with E-state index >= 15 is 0 Å². The summed E-state index contributed by atoms with van der Waals surface area (Å²) in [6.45, 7) is 1.94. The van der Waals surface area contributed by atoms with Gasteiger partial charge in [0.25, 0.3) is 5.91 Å². The SMILES string of the molecule is COC(=O)C1=C(Nc2cccc(-c3ccc(C)o3)c2)C(=O)N(CCO)C1. The van der Waals surface area contributed by atoms with Gasteiger partial charge in [-0.25, -0.2) is 4.79 Å². The highest BCUT2D eigenvalue weighted by molar-refractivity contribution is 6.08. The second kappa shape index (κ2) is 7.45. The van der Waals surface area contributed by atoms with Crippen LogP contribution in [0.4, 0.5) is 5.69 Å². The molecule has 0 bridgehead atoms. The molecule has 3 rings (SSSR count). The second-order valence-electron chi connectivity index (χ2n) is 5.91. The normalized spacial score (nSPS) is 14.1. The molecule has 1 amide bonds. The number of methoxy groups -OCH3 is 1. The Bertz CT molecular complexity index is 868. The number of benzene rings is 1. The molecule has 1 aliphatic heterocycles. The van der Waals surface area contributed by atoms with Gasteiger partial charge in [-0.1, -0.05) is 12.1 Å². The Kier molecular flexibility index (Phi) is 5.09. The third kappa shape index (κ3) is 3.48. The highest BCUT2D eigenvalue weighted by Gasteiger charge is 2.34. The molecule has 7 nitrogen and oxygen atoms in total. The first-order valence-electron chi connectivity index (χ1n) is 8.19. The van der Waals surface area contributed by atoms with Crippen molar-refractivity contribution in [2.45, 2.75) is 6.92 Å². The lowest BCUT2D eigenvalue weighted by Gasteiger charge is -2.15. The largest absolute Gasteiger partial charge is 0.466 e. The van der Waals surface area contributed by atoms with Crippen LogP contribution in [-0.2, 0) is 14.3 Å². The van der Waals surface area contributed by atoms with Crippen LogP contribution in [0.15, 0.2) is 52.1 Å². The quantitative estimate of drug-likeness (QED) is 0.769. The van der Waals surface area contributed by atoms with E-state index in [1.54, 1.807) is 6.07 Å². The van der Waals surface area contributed by atoms with Gasteiger partial charge in [0.05, 0.1) is 25.8 Å². The van der Waals surface area contributed by atoms with Crippen molar-refractivity contribution < 1.29 is 23.8 Å². The van der Waals surface area contributed by atoms with Crippen LogP contribution in [0.25, 0.3) is 11.3 Å². The van der Waals surface area contributed by atoms with Crippen molar-refractivity contribution in [3.63, 3.8) is 0 Å². The first kappa shape index (κ1) is 17.8. The number of aliphatic hydroxyl groups excluding tert-OH is 1. The Hall–Kier alpha value is -3.06. The van der Waals surface area contributed by atoms with Crippen molar-refractivity contribution in [2.24, 2.45) is 0 Å². The highest BCUT2D eigenvalue weighted by atomic mass is 16.5. The number of furan rings is 1. The van der Waals surface area contributed by atoms with E-state index < -0.39 is 5.97 Å². The van der Waals surface area contributed by atoms with Gasteiger partial charge in [0.2, 0.25) is 0 Å². The van der Waals surface area contributed by atoms with Crippen molar-refractivity contribution >= 4 is 17.6 Å². The minimum Gasteiger partial charge on any atom is -0.466 e. The summed E-state index contributed by atoms with van der Waals surface area (Å²) in [4.78, 5) is 26.0. The molecule has 0 saturated heterocycles. The lowest BCUT2D eigenvalue weighted by Crippen LogP contribution is -2.31. The summed E-state index contributed by atoms with van der Waals surface area (Å²) in [6, 6.07) is 11.1. The molecule has 0 spiro atoms. The lowest BCUT2D eigenvalue weighted by atomic mass is 10.1. The van der Waals surface area contributed by atoms with E-state index in [1.165, 1.54) is 12.0 Å². The fourth-order valence-corrected chi connectivity index (χ4v) is 2.83. The Labute approximate surface area is 150 Å². The van der Waals surface area contributed by atoms with Gasteiger partial charge < -0.3 is 24.5 Å². The van der Waals surface area contributed by atoms with Crippen LogP contribution < -0.4 is 5.32 Å². The minimum atomic E-state index is -0.570. The van der Waals surface area contributed by atoms with Crippen molar-refractivity contribution in [3.05, 3.63) is 53.4 Å². The van der Waals surface area contributed by atoms with Crippen LogP contribution in [0.3, 0.4) is 0 Å². The minimum absolute atomic E-state index is 0.103. The maximum atomic E-state index is 12.6. The van der Waals surface area contributed by atoms with Crippen LogP contribution in [-0.4, -0.2) is 48.7 Å². The number of carbonyl (C=O) groups excluding carboxylic acids is 2. The number of hydrogen-bond acceptors (Lipinski definition) is 6.